The van der Waals surface area contributed by atoms with Crippen molar-refractivity contribution < 1.29 is 8.42 Å². The van der Waals surface area contributed by atoms with E-state index >= 15 is 0 Å². The van der Waals surface area contributed by atoms with Gasteiger partial charge in [0.05, 0.1) is 0 Å². The second-order valence-electron chi connectivity index (χ2n) is 3.71. The van der Waals surface area contributed by atoms with E-state index in [1.807, 2.05) is 0 Å². The van der Waals surface area contributed by atoms with Crippen molar-refractivity contribution in [1.82, 2.24) is 0 Å². The molecule has 100 valence electrons. The zero-order valence-corrected chi connectivity index (χ0v) is 12.3. The third-order valence-corrected chi connectivity index (χ3v) is 7.10. The summed E-state index contributed by atoms with van der Waals surface area (Å²) in [6, 6.07) is 13.4. The molecule has 4 nitrogen and oxygen atoms in total. The van der Waals surface area contributed by atoms with Gasteiger partial charge in [0.1, 0.15) is 0 Å². The fourth-order valence-corrected chi connectivity index (χ4v) is 6.20. The predicted molar refractivity (Wildman–Crippen MR) is 82.3 cm³/mol. The van der Waals surface area contributed by atoms with Crippen LogP contribution in [0.4, 0.5) is 11.4 Å². The van der Waals surface area contributed by atoms with Crippen LogP contribution in [-0.4, -0.2) is 8.42 Å². The lowest BCUT2D eigenvalue weighted by Gasteiger charge is -2.04. The molecule has 0 amide bonds. The van der Waals surface area contributed by atoms with E-state index in [-0.39, 0.29) is 0 Å². The molecule has 19 heavy (non-hydrogen) atoms. The number of nitrogens with two attached hydrogens (primary N) is 2. The van der Waals surface area contributed by atoms with E-state index in [2.05, 4.69) is 0 Å². The Hall–Kier alpha value is -1.31. The maximum Gasteiger partial charge on any atom is 0.262 e. The first-order valence-electron chi connectivity index (χ1n) is 5.29. The Balaban J connectivity index is 2.10. The van der Waals surface area contributed by atoms with Crippen molar-refractivity contribution in [2.45, 2.75) is 9.79 Å². The number of hydrogen-bond donors (Lipinski definition) is 2. The van der Waals surface area contributed by atoms with Crippen LogP contribution in [0.1, 0.15) is 0 Å². The summed E-state index contributed by atoms with van der Waals surface area (Å²) in [5.74, 6) is 0. The van der Waals surface area contributed by atoms with E-state index in [9.17, 15) is 8.42 Å². The van der Waals surface area contributed by atoms with Gasteiger partial charge >= 0.3 is 0 Å². The molecule has 2 aromatic rings. The lowest BCUT2D eigenvalue weighted by molar-refractivity contribution is 0.623. The van der Waals surface area contributed by atoms with Crippen LogP contribution in [0.3, 0.4) is 0 Å². The zero-order valence-electron chi connectivity index (χ0n) is 9.81. The van der Waals surface area contributed by atoms with Crippen molar-refractivity contribution in [3.63, 3.8) is 0 Å². The van der Waals surface area contributed by atoms with Crippen LogP contribution >= 0.6 is 21.6 Å². The molecule has 0 aliphatic carbocycles. The maximum atomic E-state index is 12.0. The highest BCUT2D eigenvalue weighted by Crippen LogP contribution is 2.37. The Morgan fingerprint density at radius 1 is 0.684 bits per heavy atom. The molecule has 0 aliphatic heterocycles. The lowest BCUT2D eigenvalue weighted by atomic mass is 10.3. The number of hydrogen-bond acceptors (Lipinski definition) is 6. The van der Waals surface area contributed by atoms with E-state index in [4.69, 9.17) is 11.5 Å². The molecule has 4 N–H and O–H groups in total. The van der Waals surface area contributed by atoms with Crippen molar-refractivity contribution in [2.75, 3.05) is 11.5 Å². The van der Waals surface area contributed by atoms with Crippen molar-refractivity contribution >= 4 is 40.9 Å². The normalized spacial score (nSPS) is 11.4. The fraction of sp³-hybridized carbons (Fsp3) is 0. The van der Waals surface area contributed by atoms with E-state index < -0.39 is 7.90 Å². The molecule has 0 radical (unpaired) electrons. The molecular weight excluding hydrogens is 300 g/mol. The molecular formula is C12H12N2O2S3. The summed E-state index contributed by atoms with van der Waals surface area (Å²) in [6.07, 6.45) is 0. The first-order chi connectivity index (χ1) is 8.94. The molecule has 0 aromatic heterocycles. The monoisotopic (exact) mass is 312 g/mol. The van der Waals surface area contributed by atoms with Gasteiger partial charge in [0.15, 0.2) is 0 Å². The van der Waals surface area contributed by atoms with Crippen LogP contribution in [0.15, 0.2) is 58.3 Å². The number of benzene rings is 2. The Labute approximate surface area is 119 Å². The molecule has 0 unspecified atom stereocenters. The van der Waals surface area contributed by atoms with Gasteiger partial charge in [-0.15, -0.1) is 0 Å². The summed E-state index contributed by atoms with van der Waals surface area (Å²) >= 11 is 0. The topological polar surface area (TPSA) is 86.2 Å². The van der Waals surface area contributed by atoms with Crippen LogP contribution < -0.4 is 11.5 Å². The molecule has 7 heteroatoms. The average molecular weight is 312 g/mol. The molecule has 2 rings (SSSR count). The lowest BCUT2D eigenvalue weighted by Crippen LogP contribution is -1.89. The van der Waals surface area contributed by atoms with Crippen LogP contribution in [0.5, 0.6) is 0 Å². The summed E-state index contributed by atoms with van der Waals surface area (Å²) in [6.45, 7) is 0. The van der Waals surface area contributed by atoms with Gasteiger partial charge in [-0.3, -0.25) is 0 Å². The summed E-state index contributed by atoms with van der Waals surface area (Å²) in [5, 5.41) is 0. The minimum Gasteiger partial charge on any atom is -0.399 e. The van der Waals surface area contributed by atoms with Gasteiger partial charge in [-0.2, -0.15) is 0 Å². The minimum absolute atomic E-state index is 0.605. The molecule has 0 saturated heterocycles. The van der Waals surface area contributed by atoms with Gasteiger partial charge in [0, 0.05) is 42.8 Å². The average Bonchev–Trinajstić information content (AvgIpc) is 2.34. The molecule has 0 fully saturated rings. The number of rotatable bonds is 4. The fourth-order valence-electron chi connectivity index (χ4n) is 1.30. The predicted octanol–water partition coefficient (Wildman–Crippen LogP) is 2.98. The summed E-state index contributed by atoms with van der Waals surface area (Å²) in [5.41, 5.74) is 12.3. The Kier molecular flexibility index (Phi) is 4.28. The van der Waals surface area contributed by atoms with E-state index in [1.165, 1.54) is 0 Å². The Morgan fingerprint density at radius 3 is 1.32 bits per heavy atom. The van der Waals surface area contributed by atoms with Crippen molar-refractivity contribution in [3.8, 4) is 0 Å². The standard InChI is InChI=1S/C12H12N2O2S3/c13-9-1-5-11(6-2-9)17-19(15,16)18-12-7-3-10(14)4-8-12/h1-8H,13-14H2. The van der Waals surface area contributed by atoms with E-state index in [1.54, 1.807) is 48.5 Å². The van der Waals surface area contributed by atoms with Gasteiger partial charge in [-0.1, -0.05) is 0 Å². The van der Waals surface area contributed by atoms with Crippen LogP contribution in [0.2, 0.25) is 0 Å². The highest BCUT2D eigenvalue weighted by atomic mass is 33.5. The Morgan fingerprint density at radius 2 is 1.00 bits per heavy atom. The van der Waals surface area contributed by atoms with Gasteiger partial charge in [0.25, 0.3) is 7.90 Å². The zero-order chi connectivity index (χ0) is 13.9. The van der Waals surface area contributed by atoms with Gasteiger partial charge in [-0.25, -0.2) is 8.42 Å². The SMILES string of the molecule is Nc1ccc(SS(=O)(=O)Sc2ccc(N)cc2)cc1. The van der Waals surface area contributed by atoms with Gasteiger partial charge in [0.2, 0.25) is 0 Å². The molecule has 0 spiro atoms. The van der Waals surface area contributed by atoms with E-state index in [0.29, 0.717) is 21.2 Å². The van der Waals surface area contributed by atoms with Gasteiger partial charge in [-0.05, 0) is 48.5 Å². The number of anilines is 2. The van der Waals surface area contributed by atoms with E-state index in [0.717, 1.165) is 21.6 Å². The van der Waals surface area contributed by atoms with Crippen LogP contribution in [-0.2, 0) is 7.90 Å². The second kappa shape index (κ2) is 5.77. The minimum atomic E-state index is -3.36. The second-order valence-corrected chi connectivity index (χ2v) is 10.1. The molecule has 0 aliphatic rings. The summed E-state index contributed by atoms with van der Waals surface area (Å²) < 4.78 is 24.0. The summed E-state index contributed by atoms with van der Waals surface area (Å²) in [7, 11) is -1.76. The highest BCUT2D eigenvalue weighted by Gasteiger charge is 2.15. The van der Waals surface area contributed by atoms with Crippen molar-refractivity contribution in [3.05, 3.63) is 48.5 Å². The first-order valence-corrected chi connectivity index (χ1v) is 9.44. The van der Waals surface area contributed by atoms with Crippen LogP contribution in [0, 0.1) is 0 Å². The maximum absolute atomic E-state index is 12.0. The summed E-state index contributed by atoms with van der Waals surface area (Å²) in [4.78, 5) is 1.27. The highest BCUT2D eigenvalue weighted by molar-refractivity contribution is 9.04. The molecule has 0 saturated carbocycles. The van der Waals surface area contributed by atoms with Crippen LogP contribution in [0.25, 0.3) is 0 Å². The quantitative estimate of drug-likeness (QED) is 0.667. The third kappa shape index (κ3) is 4.38. The molecule has 0 heterocycles. The number of nitrogen functional groups attached to an aromatic ring is 2. The van der Waals surface area contributed by atoms with Gasteiger partial charge < -0.3 is 11.5 Å². The molecule has 0 atom stereocenters. The van der Waals surface area contributed by atoms with Crippen molar-refractivity contribution in [2.24, 2.45) is 0 Å². The van der Waals surface area contributed by atoms with Crippen molar-refractivity contribution in [1.29, 1.82) is 0 Å². The first kappa shape index (κ1) is 14.1. The molecule has 0 bridgehead atoms. The largest absolute Gasteiger partial charge is 0.399 e. The third-order valence-electron chi connectivity index (χ3n) is 2.16. The molecule has 2 aromatic carbocycles. The smallest absolute Gasteiger partial charge is 0.262 e. The Bertz CT molecular complexity index is 599.